The van der Waals surface area contributed by atoms with Crippen LogP contribution in [0.5, 0.6) is 0 Å². The zero-order chi connectivity index (χ0) is 25.9. The predicted molar refractivity (Wildman–Crippen MR) is 116 cm³/mol. The molecule has 2 heterocycles. The number of nitrogens with zero attached hydrogens (tertiary/aromatic N) is 1. The van der Waals surface area contributed by atoms with E-state index in [1.54, 1.807) is 6.92 Å². The molecule has 0 amide bonds. The number of fused-ring (bicyclic) bond motifs is 1. The Morgan fingerprint density at radius 3 is 2.26 bits per heavy atom. The van der Waals surface area contributed by atoms with Crippen LogP contribution in [0.25, 0.3) is 10.9 Å². The minimum Gasteiger partial charge on any atom is -0.463 e. The lowest BCUT2D eigenvalue weighted by molar-refractivity contribution is -0.166. The summed E-state index contributed by atoms with van der Waals surface area (Å²) in [5, 5.41) is -0.159. The maximum atomic E-state index is 14.0. The average Bonchev–Trinajstić information content (AvgIpc) is 3.08. The molecule has 0 unspecified atom stereocenters. The molecule has 0 saturated carbocycles. The first kappa shape index (κ1) is 25.8. The van der Waals surface area contributed by atoms with E-state index in [0.29, 0.717) is 0 Å². The van der Waals surface area contributed by atoms with Crippen molar-refractivity contribution >= 4 is 34.8 Å². The SMILES string of the molecule is CCOC(=O)c1cn([C@@H]2O[C@H](COC(C)=O)[C@@H](OC(C)=O)[C@H]2OC(C)=O)c2ccc(F)cc2c1=O. The van der Waals surface area contributed by atoms with E-state index < -0.39 is 65.2 Å². The van der Waals surface area contributed by atoms with Gasteiger partial charge >= 0.3 is 23.9 Å². The molecule has 0 radical (unpaired) electrons. The first-order chi connectivity index (χ1) is 16.5. The van der Waals surface area contributed by atoms with Crippen LogP contribution in [0.3, 0.4) is 0 Å². The second-order valence-corrected chi connectivity index (χ2v) is 7.68. The van der Waals surface area contributed by atoms with Crippen molar-refractivity contribution in [3.05, 3.63) is 46.0 Å². The van der Waals surface area contributed by atoms with Gasteiger partial charge in [-0.1, -0.05) is 0 Å². The third-order valence-electron chi connectivity index (χ3n) is 5.10. The minimum absolute atomic E-state index is 0.0194. The van der Waals surface area contributed by atoms with E-state index in [1.165, 1.54) is 17.6 Å². The molecule has 1 aliphatic heterocycles. The highest BCUT2D eigenvalue weighted by atomic mass is 19.1. The third-order valence-corrected chi connectivity index (χ3v) is 5.10. The molecule has 11 nitrogen and oxygen atoms in total. The summed E-state index contributed by atoms with van der Waals surface area (Å²) in [5.74, 6) is -3.76. The summed E-state index contributed by atoms with van der Waals surface area (Å²) < 4.78 is 42.0. The second-order valence-electron chi connectivity index (χ2n) is 7.68. The molecule has 0 spiro atoms. The van der Waals surface area contributed by atoms with E-state index in [2.05, 4.69) is 0 Å². The van der Waals surface area contributed by atoms with Gasteiger partial charge in [-0.25, -0.2) is 9.18 Å². The van der Waals surface area contributed by atoms with Gasteiger partial charge in [0.25, 0.3) is 0 Å². The topological polar surface area (TPSA) is 136 Å². The number of halogens is 1. The zero-order valence-electron chi connectivity index (χ0n) is 19.4. The highest BCUT2D eigenvalue weighted by Crippen LogP contribution is 2.36. The number of esters is 4. The Labute approximate surface area is 198 Å². The molecule has 0 bridgehead atoms. The number of hydrogen-bond donors (Lipinski definition) is 0. The Morgan fingerprint density at radius 1 is 1.00 bits per heavy atom. The first-order valence-corrected chi connectivity index (χ1v) is 10.7. The first-order valence-electron chi connectivity index (χ1n) is 10.7. The fourth-order valence-corrected chi connectivity index (χ4v) is 3.81. The van der Waals surface area contributed by atoms with Crippen LogP contribution < -0.4 is 5.43 Å². The van der Waals surface area contributed by atoms with Crippen molar-refractivity contribution < 1.29 is 47.3 Å². The minimum atomic E-state index is -1.28. The lowest BCUT2D eigenvalue weighted by Crippen LogP contribution is -2.40. The fraction of sp³-hybridized carbons (Fsp3) is 0.435. The Kier molecular flexibility index (Phi) is 7.85. The van der Waals surface area contributed by atoms with Gasteiger partial charge in [0.2, 0.25) is 5.43 Å². The summed E-state index contributed by atoms with van der Waals surface area (Å²) >= 11 is 0. The van der Waals surface area contributed by atoms with Crippen molar-refractivity contribution in [1.29, 1.82) is 0 Å². The normalized spacial score (nSPS) is 21.4. The maximum absolute atomic E-state index is 14.0. The lowest BCUT2D eigenvalue weighted by atomic mass is 10.1. The van der Waals surface area contributed by atoms with Gasteiger partial charge in [-0.3, -0.25) is 19.2 Å². The summed E-state index contributed by atoms with van der Waals surface area (Å²) in [5.41, 5.74) is -1.05. The van der Waals surface area contributed by atoms with E-state index in [1.807, 2.05) is 0 Å². The number of carbonyl (C=O) groups is 4. The zero-order valence-corrected chi connectivity index (χ0v) is 19.4. The van der Waals surface area contributed by atoms with Crippen molar-refractivity contribution in [3.8, 4) is 0 Å². The smallest absolute Gasteiger partial charge is 0.343 e. The van der Waals surface area contributed by atoms with Crippen LogP contribution in [0.15, 0.2) is 29.2 Å². The number of rotatable bonds is 7. The highest BCUT2D eigenvalue weighted by molar-refractivity contribution is 5.93. The van der Waals surface area contributed by atoms with Crippen LogP contribution in [-0.4, -0.2) is 60.0 Å². The molecule has 1 fully saturated rings. The monoisotopic (exact) mass is 493 g/mol. The van der Waals surface area contributed by atoms with Crippen LogP contribution >= 0.6 is 0 Å². The quantitative estimate of drug-likeness (QED) is 0.413. The van der Waals surface area contributed by atoms with Gasteiger partial charge in [-0.15, -0.1) is 0 Å². The van der Waals surface area contributed by atoms with Gasteiger partial charge in [0, 0.05) is 32.4 Å². The molecule has 1 saturated heterocycles. The summed E-state index contributed by atoms with van der Waals surface area (Å²) in [7, 11) is 0. The molecule has 12 heteroatoms. The maximum Gasteiger partial charge on any atom is 0.343 e. The molecule has 4 atom stereocenters. The molecule has 3 rings (SSSR count). The molecular formula is C23H24FNO10. The molecule has 0 N–H and O–H groups in total. The standard InChI is InChI=1S/C23H24FNO10/c1-5-31-23(30)16-9-25(17-7-6-14(24)8-15(17)19(16)29)22-21(34-13(4)28)20(33-12(3)27)18(35-22)10-32-11(2)26/h6-9,18,20-22H,5,10H2,1-4H3/t18-,20-,21-,22-/m1/s1. The van der Waals surface area contributed by atoms with Gasteiger partial charge in [-0.2, -0.15) is 0 Å². The van der Waals surface area contributed by atoms with Crippen LogP contribution in [0, 0.1) is 5.82 Å². The lowest BCUT2D eigenvalue weighted by Gasteiger charge is -2.25. The second kappa shape index (κ2) is 10.6. The molecule has 0 aliphatic carbocycles. The van der Waals surface area contributed by atoms with Gasteiger partial charge in [0.15, 0.2) is 18.4 Å². The molecule has 188 valence electrons. The summed E-state index contributed by atoms with van der Waals surface area (Å²) in [6, 6.07) is 3.33. The summed E-state index contributed by atoms with van der Waals surface area (Å²) in [6.45, 7) is 4.62. The molecule has 35 heavy (non-hydrogen) atoms. The third kappa shape index (κ3) is 5.65. The predicted octanol–water partition coefficient (Wildman–Crippen LogP) is 1.64. The van der Waals surface area contributed by atoms with Crippen LogP contribution in [0.4, 0.5) is 4.39 Å². The number of ether oxygens (including phenoxy) is 5. The van der Waals surface area contributed by atoms with E-state index in [9.17, 15) is 28.4 Å². The number of aromatic nitrogens is 1. The van der Waals surface area contributed by atoms with E-state index in [0.717, 1.165) is 32.2 Å². The van der Waals surface area contributed by atoms with Gasteiger partial charge in [-0.05, 0) is 25.1 Å². The van der Waals surface area contributed by atoms with Gasteiger partial charge in [0.05, 0.1) is 12.1 Å². The Morgan fingerprint density at radius 2 is 1.66 bits per heavy atom. The molecule has 1 aromatic heterocycles. The molecular weight excluding hydrogens is 469 g/mol. The van der Waals surface area contributed by atoms with Crippen molar-refractivity contribution in [2.75, 3.05) is 13.2 Å². The Balaban J connectivity index is 2.22. The highest BCUT2D eigenvalue weighted by Gasteiger charge is 2.50. The summed E-state index contributed by atoms with van der Waals surface area (Å²) in [4.78, 5) is 60.5. The van der Waals surface area contributed by atoms with Gasteiger partial charge < -0.3 is 28.3 Å². The van der Waals surface area contributed by atoms with Crippen LogP contribution in [-0.2, 0) is 38.1 Å². The number of pyridine rings is 1. The van der Waals surface area contributed by atoms with Crippen molar-refractivity contribution in [1.82, 2.24) is 4.57 Å². The molecule has 1 aliphatic rings. The molecule has 1 aromatic carbocycles. The van der Waals surface area contributed by atoms with Crippen molar-refractivity contribution in [2.24, 2.45) is 0 Å². The Hall–Kier alpha value is -3.80. The summed E-state index contributed by atoms with van der Waals surface area (Å²) in [6.07, 6.45) is -3.67. The number of hydrogen-bond acceptors (Lipinski definition) is 10. The fourth-order valence-electron chi connectivity index (χ4n) is 3.81. The van der Waals surface area contributed by atoms with E-state index in [-0.39, 0.29) is 24.1 Å². The number of carbonyl (C=O) groups excluding carboxylic acids is 4. The molecule has 2 aromatic rings. The van der Waals surface area contributed by atoms with E-state index in [4.69, 9.17) is 23.7 Å². The van der Waals surface area contributed by atoms with Crippen LogP contribution in [0.1, 0.15) is 44.3 Å². The average molecular weight is 493 g/mol. The Bertz CT molecular complexity index is 1220. The van der Waals surface area contributed by atoms with Crippen molar-refractivity contribution in [3.63, 3.8) is 0 Å². The largest absolute Gasteiger partial charge is 0.463 e. The van der Waals surface area contributed by atoms with Crippen molar-refractivity contribution in [2.45, 2.75) is 52.2 Å². The van der Waals surface area contributed by atoms with Gasteiger partial charge in [0.1, 0.15) is 24.1 Å². The number of benzene rings is 1. The van der Waals surface area contributed by atoms with Crippen LogP contribution in [0.2, 0.25) is 0 Å². The van der Waals surface area contributed by atoms with E-state index >= 15 is 0 Å².